The predicted molar refractivity (Wildman–Crippen MR) is 69.1 cm³/mol. The molecule has 0 fully saturated rings. The van der Waals surface area contributed by atoms with E-state index in [9.17, 15) is 8.42 Å². The van der Waals surface area contributed by atoms with Crippen LogP contribution in [-0.2, 0) is 22.7 Å². The first kappa shape index (κ1) is 12.4. The number of aryl methyl sites for hydroxylation is 2. The summed E-state index contributed by atoms with van der Waals surface area (Å²) in [4.78, 5) is 4.52. The molecule has 0 saturated heterocycles. The smallest absolute Gasteiger partial charge is 0.149 e. The van der Waals surface area contributed by atoms with Crippen molar-refractivity contribution in [2.75, 3.05) is 17.3 Å². The summed E-state index contributed by atoms with van der Waals surface area (Å²) in [7, 11) is -2.95. The SMILES string of the molecule is CC(CS(C)(=O)=O)Nc1ccc2c(n1)CCC2. The molecule has 4 nitrogen and oxygen atoms in total. The highest BCUT2D eigenvalue weighted by Crippen LogP contribution is 2.21. The topological polar surface area (TPSA) is 59.1 Å². The summed E-state index contributed by atoms with van der Waals surface area (Å²) in [6.45, 7) is 1.86. The predicted octanol–water partition coefficient (Wildman–Crippen LogP) is 1.42. The zero-order chi connectivity index (χ0) is 12.5. The van der Waals surface area contributed by atoms with Crippen LogP contribution in [0.4, 0.5) is 5.82 Å². The summed E-state index contributed by atoms with van der Waals surface area (Å²) >= 11 is 0. The highest BCUT2D eigenvalue weighted by molar-refractivity contribution is 7.90. The minimum absolute atomic E-state index is 0.114. The standard InChI is InChI=1S/C12H18N2O2S/c1-9(8-17(2,15)16)13-12-7-6-10-4-3-5-11(10)14-12/h6-7,9H,3-5,8H2,1-2H3,(H,13,14). The molecule has 0 spiro atoms. The highest BCUT2D eigenvalue weighted by atomic mass is 32.2. The van der Waals surface area contributed by atoms with Gasteiger partial charge in [-0.2, -0.15) is 0 Å². The van der Waals surface area contributed by atoms with Crippen LogP contribution < -0.4 is 5.32 Å². The lowest BCUT2D eigenvalue weighted by Crippen LogP contribution is -2.25. The molecule has 1 aromatic heterocycles. The molecule has 0 saturated carbocycles. The Bertz CT molecular complexity index is 511. The normalized spacial score (nSPS) is 16.6. The van der Waals surface area contributed by atoms with E-state index in [4.69, 9.17) is 0 Å². The molecule has 2 rings (SSSR count). The van der Waals surface area contributed by atoms with Crippen molar-refractivity contribution in [3.8, 4) is 0 Å². The second-order valence-electron chi connectivity index (χ2n) is 4.79. The van der Waals surface area contributed by atoms with Crippen LogP contribution in [-0.4, -0.2) is 31.5 Å². The Labute approximate surface area is 102 Å². The molecule has 1 atom stereocenters. The minimum Gasteiger partial charge on any atom is -0.367 e. The lowest BCUT2D eigenvalue weighted by molar-refractivity contribution is 0.598. The third kappa shape index (κ3) is 3.43. The van der Waals surface area contributed by atoms with E-state index < -0.39 is 9.84 Å². The summed E-state index contributed by atoms with van der Waals surface area (Å²) in [6, 6.07) is 3.91. The first-order valence-electron chi connectivity index (χ1n) is 5.87. The van der Waals surface area contributed by atoms with Gasteiger partial charge in [-0.3, -0.25) is 0 Å². The van der Waals surface area contributed by atoms with E-state index in [0.29, 0.717) is 0 Å². The Hall–Kier alpha value is -1.10. The Kier molecular flexibility index (Phi) is 3.38. The summed E-state index contributed by atoms with van der Waals surface area (Å²) in [5, 5.41) is 3.14. The summed E-state index contributed by atoms with van der Waals surface area (Å²) in [6.07, 6.45) is 4.57. The van der Waals surface area contributed by atoms with Crippen LogP contribution in [0.3, 0.4) is 0 Å². The molecule has 1 N–H and O–H groups in total. The lowest BCUT2D eigenvalue weighted by atomic mass is 10.2. The van der Waals surface area contributed by atoms with E-state index in [1.54, 1.807) is 0 Å². The molecule has 17 heavy (non-hydrogen) atoms. The largest absolute Gasteiger partial charge is 0.367 e. The van der Waals surface area contributed by atoms with Crippen LogP contribution in [0.5, 0.6) is 0 Å². The summed E-state index contributed by atoms with van der Waals surface area (Å²) in [5.41, 5.74) is 2.48. The molecule has 1 aliphatic carbocycles. The number of nitrogens with zero attached hydrogens (tertiary/aromatic N) is 1. The fraction of sp³-hybridized carbons (Fsp3) is 0.583. The number of hydrogen-bond acceptors (Lipinski definition) is 4. The average Bonchev–Trinajstić information content (AvgIpc) is 2.61. The Morgan fingerprint density at radius 1 is 1.41 bits per heavy atom. The summed E-state index contributed by atoms with van der Waals surface area (Å²) in [5.74, 6) is 0.910. The van der Waals surface area contributed by atoms with Gasteiger partial charge in [0.2, 0.25) is 0 Å². The number of sulfone groups is 1. The molecule has 94 valence electrons. The maximum absolute atomic E-state index is 11.2. The van der Waals surface area contributed by atoms with Crippen molar-refractivity contribution in [3.05, 3.63) is 23.4 Å². The molecule has 0 aliphatic heterocycles. The van der Waals surface area contributed by atoms with Gasteiger partial charge in [-0.25, -0.2) is 13.4 Å². The Morgan fingerprint density at radius 3 is 2.88 bits per heavy atom. The van der Waals surface area contributed by atoms with Crippen molar-refractivity contribution >= 4 is 15.7 Å². The third-order valence-corrected chi connectivity index (χ3v) is 3.98. The molecule has 1 aromatic rings. The monoisotopic (exact) mass is 254 g/mol. The maximum Gasteiger partial charge on any atom is 0.149 e. The van der Waals surface area contributed by atoms with Crippen molar-refractivity contribution in [3.63, 3.8) is 0 Å². The zero-order valence-corrected chi connectivity index (χ0v) is 11.0. The van der Waals surface area contributed by atoms with E-state index in [2.05, 4.69) is 16.4 Å². The van der Waals surface area contributed by atoms with Crippen molar-refractivity contribution in [2.45, 2.75) is 32.2 Å². The lowest BCUT2D eigenvalue weighted by Gasteiger charge is -2.14. The second-order valence-corrected chi connectivity index (χ2v) is 6.98. The van der Waals surface area contributed by atoms with E-state index in [1.165, 1.54) is 18.2 Å². The van der Waals surface area contributed by atoms with Crippen molar-refractivity contribution in [2.24, 2.45) is 0 Å². The van der Waals surface area contributed by atoms with E-state index >= 15 is 0 Å². The molecule has 0 amide bonds. The van der Waals surface area contributed by atoms with Crippen LogP contribution in [0.2, 0.25) is 0 Å². The Balaban J connectivity index is 2.04. The molecule has 0 radical (unpaired) electrons. The van der Waals surface area contributed by atoms with Gasteiger partial charge >= 0.3 is 0 Å². The molecule has 0 aromatic carbocycles. The average molecular weight is 254 g/mol. The molecule has 0 bridgehead atoms. The van der Waals surface area contributed by atoms with Gasteiger partial charge in [-0.05, 0) is 37.8 Å². The molecule has 1 aliphatic rings. The van der Waals surface area contributed by atoms with Gasteiger partial charge in [0.15, 0.2) is 0 Å². The molecule has 5 heteroatoms. The van der Waals surface area contributed by atoms with Crippen molar-refractivity contribution in [1.82, 2.24) is 4.98 Å². The van der Waals surface area contributed by atoms with Gasteiger partial charge < -0.3 is 5.32 Å². The van der Waals surface area contributed by atoms with Crippen LogP contribution in [0.1, 0.15) is 24.6 Å². The van der Waals surface area contributed by atoms with Crippen LogP contribution >= 0.6 is 0 Å². The van der Waals surface area contributed by atoms with Crippen molar-refractivity contribution in [1.29, 1.82) is 0 Å². The zero-order valence-electron chi connectivity index (χ0n) is 10.2. The van der Waals surface area contributed by atoms with Crippen LogP contribution in [0.25, 0.3) is 0 Å². The number of fused-ring (bicyclic) bond motifs is 1. The highest BCUT2D eigenvalue weighted by Gasteiger charge is 2.14. The van der Waals surface area contributed by atoms with Gasteiger partial charge in [0.05, 0.1) is 5.75 Å². The molecule has 1 heterocycles. The van der Waals surface area contributed by atoms with Gasteiger partial charge in [-0.15, -0.1) is 0 Å². The maximum atomic E-state index is 11.2. The van der Waals surface area contributed by atoms with E-state index in [1.807, 2.05) is 13.0 Å². The second kappa shape index (κ2) is 4.64. The first-order chi connectivity index (χ1) is 7.94. The number of pyridine rings is 1. The fourth-order valence-electron chi connectivity index (χ4n) is 2.25. The fourth-order valence-corrected chi connectivity index (χ4v) is 3.24. The summed E-state index contributed by atoms with van der Waals surface area (Å²) < 4.78 is 22.3. The Morgan fingerprint density at radius 2 is 2.18 bits per heavy atom. The number of hydrogen-bond donors (Lipinski definition) is 1. The number of anilines is 1. The van der Waals surface area contributed by atoms with Gasteiger partial charge in [0.25, 0.3) is 0 Å². The molecular formula is C12H18N2O2S. The molecular weight excluding hydrogens is 236 g/mol. The minimum atomic E-state index is -2.95. The number of rotatable bonds is 4. The number of aromatic nitrogens is 1. The van der Waals surface area contributed by atoms with Gasteiger partial charge in [0, 0.05) is 18.0 Å². The van der Waals surface area contributed by atoms with Crippen molar-refractivity contribution < 1.29 is 8.42 Å². The van der Waals surface area contributed by atoms with E-state index in [0.717, 1.165) is 24.4 Å². The van der Waals surface area contributed by atoms with Gasteiger partial charge in [0.1, 0.15) is 15.7 Å². The van der Waals surface area contributed by atoms with E-state index in [-0.39, 0.29) is 11.8 Å². The molecule has 1 unspecified atom stereocenters. The third-order valence-electron chi connectivity index (χ3n) is 2.88. The first-order valence-corrected chi connectivity index (χ1v) is 7.93. The van der Waals surface area contributed by atoms with Crippen LogP contribution in [0.15, 0.2) is 12.1 Å². The quantitative estimate of drug-likeness (QED) is 0.882. The number of nitrogens with one attached hydrogen (secondary N) is 1. The van der Waals surface area contributed by atoms with Gasteiger partial charge in [-0.1, -0.05) is 6.07 Å². The van der Waals surface area contributed by atoms with Crippen LogP contribution in [0, 0.1) is 0 Å².